The van der Waals surface area contributed by atoms with Crippen molar-refractivity contribution in [3.63, 3.8) is 0 Å². The maximum atomic E-state index is 13.0. The number of hydrogen-bond donors (Lipinski definition) is 0. The van der Waals surface area contributed by atoms with Gasteiger partial charge in [0.25, 0.3) is 0 Å². The Morgan fingerprint density at radius 3 is 2.90 bits per heavy atom. The highest BCUT2D eigenvalue weighted by Crippen LogP contribution is 2.51. The molecule has 112 valence electrons. The van der Waals surface area contributed by atoms with Gasteiger partial charge in [-0.25, -0.2) is 0 Å². The van der Waals surface area contributed by atoms with E-state index in [0.29, 0.717) is 19.7 Å². The smallest absolute Gasteiger partial charge is 0.234 e. The molecule has 0 N–H and O–H groups in total. The van der Waals surface area contributed by atoms with Gasteiger partial charge in [0.1, 0.15) is 0 Å². The van der Waals surface area contributed by atoms with Crippen LogP contribution in [0.3, 0.4) is 0 Å². The Bertz CT molecular complexity index is 573. The van der Waals surface area contributed by atoms with Gasteiger partial charge in [0.15, 0.2) is 0 Å². The summed E-state index contributed by atoms with van der Waals surface area (Å²) in [7, 11) is 1.66. The summed E-state index contributed by atoms with van der Waals surface area (Å²) in [5.74, 6) is 0.211. The van der Waals surface area contributed by atoms with Crippen LogP contribution in [0.2, 0.25) is 0 Å². The highest BCUT2D eigenvalue weighted by Gasteiger charge is 2.53. The van der Waals surface area contributed by atoms with Crippen molar-refractivity contribution in [2.24, 2.45) is 0 Å². The summed E-state index contributed by atoms with van der Waals surface area (Å²) in [5.41, 5.74) is 0.729. The van der Waals surface area contributed by atoms with Crippen molar-refractivity contribution in [3.8, 4) is 0 Å². The molecule has 0 radical (unpaired) electrons. The van der Waals surface area contributed by atoms with Gasteiger partial charge in [-0.1, -0.05) is 6.07 Å². The van der Waals surface area contributed by atoms with Gasteiger partial charge >= 0.3 is 0 Å². The zero-order valence-electron chi connectivity index (χ0n) is 12.1. The first-order chi connectivity index (χ1) is 10.3. The third-order valence-electron chi connectivity index (χ3n) is 3.96. The Balaban J connectivity index is 1.77. The fourth-order valence-electron chi connectivity index (χ4n) is 2.60. The highest BCUT2D eigenvalue weighted by atomic mass is 32.1. The van der Waals surface area contributed by atoms with Gasteiger partial charge < -0.3 is 14.1 Å². The third kappa shape index (κ3) is 2.89. The minimum atomic E-state index is -0.286. The van der Waals surface area contributed by atoms with Crippen molar-refractivity contribution < 1.29 is 13.9 Å². The standard InChI is InChI=1S/C16H19NO3S/c1-19-9-7-17(11-13-4-8-20-12-13)15(18)16(5-6-16)14-3-2-10-21-14/h2-4,8,10,12H,5-7,9,11H2,1H3. The lowest BCUT2D eigenvalue weighted by Gasteiger charge is -2.26. The molecule has 0 saturated heterocycles. The van der Waals surface area contributed by atoms with Crippen LogP contribution >= 0.6 is 11.3 Å². The average molecular weight is 305 g/mol. The Morgan fingerprint density at radius 2 is 2.33 bits per heavy atom. The number of carbonyl (C=O) groups is 1. The number of thiophene rings is 1. The van der Waals surface area contributed by atoms with E-state index in [1.54, 1.807) is 31.0 Å². The Hall–Kier alpha value is -1.59. The van der Waals surface area contributed by atoms with Crippen LogP contribution in [-0.2, 0) is 21.5 Å². The summed E-state index contributed by atoms with van der Waals surface area (Å²) >= 11 is 1.67. The first-order valence-electron chi connectivity index (χ1n) is 7.10. The molecule has 2 aromatic rings. The maximum absolute atomic E-state index is 13.0. The molecule has 0 aliphatic heterocycles. The van der Waals surface area contributed by atoms with Gasteiger partial charge in [0.05, 0.1) is 24.5 Å². The van der Waals surface area contributed by atoms with Gasteiger partial charge in [-0.3, -0.25) is 4.79 Å². The number of methoxy groups -OCH3 is 1. The van der Waals surface area contributed by atoms with Crippen molar-refractivity contribution in [1.82, 2.24) is 4.90 Å². The number of furan rings is 1. The average Bonchev–Trinajstić information content (AvgIpc) is 2.95. The van der Waals surface area contributed by atoms with Gasteiger partial charge in [0, 0.05) is 30.6 Å². The second-order valence-electron chi connectivity index (χ2n) is 5.41. The minimum Gasteiger partial charge on any atom is -0.472 e. The monoisotopic (exact) mass is 305 g/mol. The summed E-state index contributed by atoms with van der Waals surface area (Å²) in [4.78, 5) is 16.1. The van der Waals surface area contributed by atoms with Crippen molar-refractivity contribution in [2.75, 3.05) is 20.3 Å². The topological polar surface area (TPSA) is 42.7 Å². The van der Waals surface area contributed by atoms with Crippen molar-refractivity contribution >= 4 is 17.2 Å². The van der Waals surface area contributed by atoms with E-state index in [9.17, 15) is 4.79 Å². The van der Waals surface area contributed by atoms with E-state index in [4.69, 9.17) is 9.15 Å². The van der Waals surface area contributed by atoms with E-state index in [0.717, 1.165) is 18.4 Å². The molecule has 2 aromatic heterocycles. The van der Waals surface area contributed by atoms with Gasteiger partial charge in [0.2, 0.25) is 5.91 Å². The second-order valence-corrected chi connectivity index (χ2v) is 6.36. The SMILES string of the molecule is COCCN(Cc1ccoc1)C(=O)C1(c2cccs2)CC1. The molecule has 0 aromatic carbocycles. The maximum Gasteiger partial charge on any atom is 0.234 e. The molecule has 1 saturated carbocycles. The molecule has 1 fully saturated rings. The van der Waals surface area contributed by atoms with Crippen molar-refractivity contribution in [2.45, 2.75) is 24.8 Å². The molecular formula is C16H19NO3S. The molecule has 4 nitrogen and oxygen atoms in total. The summed E-state index contributed by atoms with van der Waals surface area (Å²) < 4.78 is 10.3. The Labute approximate surface area is 128 Å². The van der Waals surface area contributed by atoms with Gasteiger partial charge in [-0.15, -0.1) is 11.3 Å². The molecule has 1 aliphatic carbocycles. The number of ether oxygens (including phenoxy) is 1. The van der Waals surface area contributed by atoms with Crippen LogP contribution in [0.5, 0.6) is 0 Å². The highest BCUT2D eigenvalue weighted by molar-refractivity contribution is 7.10. The molecular weight excluding hydrogens is 286 g/mol. The molecule has 1 aliphatic rings. The molecule has 3 rings (SSSR count). The van der Waals surface area contributed by atoms with E-state index >= 15 is 0 Å². The zero-order chi connectivity index (χ0) is 14.7. The lowest BCUT2D eigenvalue weighted by atomic mass is 10.0. The van der Waals surface area contributed by atoms with Crippen LogP contribution in [0.1, 0.15) is 23.3 Å². The number of amides is 1. The lowest BCUT2D eigenvalue weighted by molar-refractivity contribution is -0.135. The van der Waals surface area contributed by atoms with Crippen LogP contribution in [0.15, 0.2) is 40.5 Å². The molecule has 21 heavy (non-hydrogen) atoms. The number of rotatable bonds is 7. The van der Waals surface area contributed by atoms with E-state index in [1.165, 1.54) is 4.88 Å². The molecule has 5 heteroatoms. The Morgan fingerprint density at radius 1 is 1.48 bits per heavy atom. The zero-order valence-corrected chi connectivity index (χ0v) is 12.9. The van der Waals surface area contributed by atoms with Crippen molar-refractivity contribution in [3.05, 3.63) is 46.5 Å². The molecule has 2 heterocycles. The summed E-state index contributed by atoms with van der Waals surface area (Å²) in [6, 6.07) is 5.99. The number of carbonyl (C=O) groups excluding carboxylic acids is 1. The molecule has 1 amide bonds. The summed E-state index contributed by atoms with van der Waals surface area (Å²) in [5, 5.41) is 2.04. The van der Waals surface area contributed by atoms with Crippen LogP contribution in [-0.4, -0.2) is 31.1 Å². The van der Waals surface area contributed by atoms with Crippen LogP contribution in [0.4, 0.5) is 0 Å². The summed E-state index contributed by atoms with van der Waals surface area (Å²) in [6.45, 7) is 1.73. The van der Waals surface area contributed by atoms with E-state index in [2.05, 4.69) is 6.07 Å². The summed E-state index contributed by atoms with van der Waals surface area (Å²) in [6.07, 6.45) is 5.22. The quantitative estimate of drug-likeness (QED) is 0.789. The molecule has 0 atom stereocenters. The number of nitrogens with zero attached hydrogens (tertiary/aromatic N) is 1. The van der Waals surface area contributed by atoms with Crippen LogP contribution in [0, 0.1) is 0 Å². The molecule has 0 unspecified atom stereocenters. The van der Waals surface area contributed by atoms with E-state index in [-0.39, 0.29) is 11.3 Å². The minimum absolute atomic E-state index is 0.211. The van der Waals surface area contributed by atoms with Gasteiger partial charge in [-0.05, 0) is 30.4 Å². The first kappa shape index (κ1) is 14.4. The second kappa shape index (κ2) is 6.03. The normalized spacial score (nSPS) is 15.9. The predicted molar refractivity (Wildman–Crippen MR) is 81.2 cm³/mol. The Kier molecular flexibility index (Phi) is 4.12. The van der Waals surface area contributed by atoms with Crippen molar-refractivity contribution in [1.29, 1.82) is 0 Å². The largest absolute Gasteiger partial charge is 0.472 e. The predicted octanol–water partition coefficient (Wildman–Crippen LogP) is 3.05. The molecule has 0 spiro atoms. The first-order valence-corrected chi connectivity index (χ1v) is 7.97. The fraction of sp³-hybridized carbons (Fsp3) is 0.438. The van der Waals surface area contributed by atoms with E-state index < -0.39 is 0 Å². The lowest BCUT2D eigenvalue weighted by Crippen LogP contribution is -2.40. The van der Waals surface area contributed by atoms with Gasteiger partial charge in [-0.2, -0.15) is 0 Å². The number of hydrogen-bond acceptors (Lipinski definition) is 4. The van der Waals surface area contributed by atoms with Crippen LogP contribution in [0.25, 0.3) is 0 Å². The third-order valence-corrected chi connectivity index (χ3v) is 5.03. The fourth-order valence-corrected chi connectivity index (χ4v) is 3.58. The molecule has 0 bridgehead atoms. The van der Waals surface area contributed by atoms with Crippen LogP contribution < -0.4 is 0 Å². The van der Waals surface area contributed by atoms with E-state index in [1.807, 2.05) is 22.4 Å².